The maximum Gasteiger partial charge on any atom is 0.417 e. The van der Waals surface area contributed by atoms with Gasteiger partial charge in [0.2, 0.25) is 11.8 Å². The van der Waals surface area contributed by atoms with Crippen LogP contribution in [0.25, 0.3) is 10.4 Å². The van der Waals surface area contributed by atoms with Gasteiger partial charge in [0.05, 0.1) is 84.1 Å². The SMILES string of the molecule is Cc1ncsc1-c1ccc(CCC(=O)[C@@H]2C[C@@H](O)CN2C(=O)[C@@H](NC(=O)CCCCOCCOCCCOCCOCCOc2ccc(N3C(=O)N(c4ccc(C#N)c(C(F)(F)F)c4)C(=O)C3(C)C)cc2)C(C)(C)C)cc1. The summed E-state index contributed by atoms with van der Waals surface area (Å²) in [6, 6.07) is 16.1. The third kappa shape index (κ3) is 16.1. The minimum atomic E-state index is -4.87. The van der Waals surface area contributed by atoms with Crippen LogP contribution in [0.3, 0.4) is 0 Å². The molecule has 17 nitrogen and oxygen atoms in total. The van der Waals surface area contributed by atoms with Crippen molar-refractivity contribution in [2.75, 3.05) is 75.8 Å². The van der Waals surface area contributed by atoms with E-state index in [4.69, 9.17) is 28.9 Å². The molecule has 6 rings (SSSR count). The minimum Gasteiger partial charge on any atom is -0.491 e. The number of ether oxygens (including phenoxy) is 5. The van der Waals surface area contributed by atoms with Crippen molar-refractivity contribution < 1.29 is 65.9 Å². The normalized spacial score (nSPS) is 17.0. The highest BCUT2D eigenvalue weighted by molar-refractivity contribution is 7.13. The molecule has 416 valence electrons. The smallest absolute Gasteiger partial charge is 0.417 e. The number of halogens is 3. The second kappa shape index (κ2) is 27.3. The molecule has 4 aromatic rings. The number of likely N-dealkylation sites (tertiary alicyclic amines) is 1. The Hall–Kier alpha value is -6.28. The fraction of sp³-hybridized carbons (Fsp3) is 0.518. The number of aliphatic hydroxyl groups excluding tert-OH is 1. The zero-order valence-corrected chi connectivity index (χ0v) is 45.3. The Morgan fingerprint density at radius 2 is 1.45 bits per heavy atom. The number of aryl methyl sites for hydroxylation is 2. The van der Waals surface area contributed by atoms with Crippen LogP contribution in [0.1, 0.15) is 95.5 Å². The molecule has 3 heterocycles. The van der Waals surface area contributed by atoms with Crippen molar-refractivity contribution in [2.24, 2.45) is 5.41 Å². The molecular weight excluding hydrogens is 1020 g/mol. The highest BCUT2D eigenvalue weighted by Gasteiger charge is 2.53. The molecular formula is C56H69F3N6O11S. The van der Waals surface area contributed by atoms with E-state index in [-0.39, 0.29) is 62.3 Å². The second-order valence-electron chi connectivity index (χ2n) is 20.5. The van der Waals surface area contributed by atoms with Crippen molar-refractivity contribution in [3.05, 3.63) is 94.6 Å². The van der Waals surface area contributed by atoms with Crippen LogP contribution in [0.5, 0.6) is 5.75 Å². The van der Waals surface area contributed by atoms with Crippen molar-refractivity contribution in [1.82, 2.24) is 15.2 Å². The number of benzene rings is 3. The molecule has 2 saturated heterocycles. The largest absolute Gasteiger partial charge is 0.491 e. The lowest BCUT2D eigenvalue weighted by atomic mass is 9.85. The van der Waals surface area contributed by atoms with E-state index >= 15 is 0 Å². The van der Waals surface area contributed by atoms with Crippen LogP contribution in [0.15, 0.2) is 72.2 Å². The van der Waals surface area contributed by atoms with Crippen LogP contribution in [-0.2, 0) is 50.7 Å². The fourth-order valence-electron chi connectivity index (χ4n) is 9.01. The Morgan fingerprint density at radius 3 is 2.05 bits per heavy atom. The Balaban J connectivity index is 0.774. The predicted molar refractivity (Wildman–Crippen MR) is 282 cm³/mol. The van der Waals surface area contributed by atoms with E-state index in [9.17, 15) is 42.3 Å². The van der Waals surface area contributed by atoms with Gasteiger partial charge >= 0.3 is 12.2 Å². The monoisotopic (exact) mass is 1090 g/mol. The molecule has 1 aromatic heterocycles. The molecule has 2 fully saturated rings. The van der Waals surface area contributed by atoms with E-state index in [0.29, 0.717) is 94.3 Å². The summed E-state index contributed by atoms with van der Waals surface area (Å²) in [6.07, 6.45) is -2.75. The molecule has 0 unspecified atom stereocenters. The summed E-state index contributed by atoms with van der Waals surface area (Å²) in [5, 5.41) is 22.7. The third-order valence-corrected chi connectivity index (χ3v) is 14.2. The number of β-amino-alcohol motifs (C(OH)–C–C–N with tert-alkyl or cyclic N) is 1. The molecule has 3 atom stereocenters. The van der Waals surface area contributed by atoms with Crippen molar-refractivity contribution >= 4 is 52.2 Å². The van der Waals surface area contributed by atoms with Gasteiger partial charge in [-0.1, -0.05) is 45.0 Å². The molecule has 0 bridgehead atoms. The van der Waals surface area contributed by atoms with Crippen LogP contribution in [-0.4, -0.2) is 134 Å². The Labute approximate surface area is 451 Å². The first-order chi connectivity index (χ1) is 36.6. The number of carbonyl (C=O) groups excluding carboxylic acids is 5. The lowest BCUT2D eigenvalue weighted by Gasteiger charge is -2.35. The summed E-state index contributed by atoms with van der Waals surface area (Å²) in [7, 11) is 0. The van der Waals surface area contributed by atoms with Gasteiger partial charge in [-0.25, -0.2) is 14.7 Å². The summed E-state index contributed by atoms with van der Waals surface area (Å²) in [6.45, 7) is 14.0. The number of thiazole rings is 1. The maximum absolute atomic E-state index is 14.0. The number of aromatic nitrogens is 1. The number of carbonyl (C=O) groups is 5. The van der Waals surface area contributed by atoms with Crippen molar-refractivity contribution in [3.8, 4) is 22.3 Å². The number of ketones is 1. The first-order valence-corrected chi connectivity index (χ1v) is 26.6. The van der Waals surface area contributed by atoms with E-state index < -0.39 is 58.4 Å². The Bertz CT molecular complexity index is 2690. The number of imide groups is 1. The van der Waals surface area contributed by atoms with Crippen LogP contribution >= 0.6 is 11.3 Å². The van der Waals surface area contributed by atoms with Crippen LogP contribution in [0.2, 0.25) is 0 Å². The summed E-state index contributed by atoms with van der Waals surface area (Å²) in [4.78, 5) is 76.3. The average Bonchev–Trinajstić information content (AvgIpc) is 4.06. The van der Waals surface area contributed by atoms with E-state index in [1.54, 1.807) is 35.6 Å². The standard InChI is InChI=1S/C56H69F3N6O11S/c1-37-49(77-36-61-37)39-14-11-38(12-15-39)13-22-47(67)46-33-43(66)35-63(46)51(69)50(54(2,3)4)62-48(68)10-7-8-23-72-26-27-73-24-9-25-74-28-29-75-30-31-76-44-20-18-41(19-21-44)65-53(71)64(52(70)55(65,5)6)42-17-16-40(34-60)45(32-42)56(57,58)59/h11-12,14-21,32,36,43,46,50,66H,7-10,13,22-31,33,35H2,1-6H3,(H,62,68)/t43-,46+,50-/m1/s1. The molecule has 2 N–H and O–H groups in total. The minimum absolute atomic E-state index is 0.0334. The van der Waals surface area contributed by atoms with E-state index in [0.717, 1.165) is 33.8 Å². The lowest BCUT2D eigenvalue weighted by molar-refractivity contribution is -0.143. The van der Waals surface area contributed by atoms with Gasteiger partial charge in [0, 0.05) is 51.3 Å². The van der Waals surface area contributed by atoms with Gasteiger partial charge < -0.3 is 39.0 Å². The molecule has 0 saturated carbocycles. The van der Waals surface area contributed by atoms with Crippen molar-refractivity contribution in [2.45, 2.75) is 116 Å². The number of anilines is 2. The molecule has 3 aromatic carbocycles. The number of rotatable bonds is 28. The number of nitriles is 1. The number of aliphatic hydroxyl groups is 1. The average molecular weight is 1090 g/mol. The van der Waals surface area contributed by atoms with Crippen LogP contribution in [0.4, 0.5) is 29.3 Å². The number of hydrogen-bond donors (Lipinski definition) is 2. The first-order valence-electron chi connectivity index (χ1n) is 25.8. The fourth-order valence-corrected chi connectivity index (χ4v) is 9.82. The highest BCUT2D eigenvalue weighted by Crippen LogP contribution is 2.40. The molecule has 2 aliphatic heterocycles. The molecule has 0 radical (unpaired) electrons. The lowest BCUT2D eigenvalue weighted by Crippen LogP contribution is -2.56. The topological polar surface area (TPSA) is 210 Å². The molecule has 0 spiro atoms. The highest BCUT2D eigenvalue weighted by atomic mass is 32.1. The second-order valence-corrected chi connectivity index (χ2v) is 21.3. The number of nitrogens with zero attached hydrogens (tertiary/aromatic N) is 5. The zero-order valence-electron chi connectivity index (χ0n) is 44.5. The van der Waals surface area contributed by atoms with Gasteiger partial charge in [0.1, 0.15) is 23.9 Å². The zero-order chi connectivity index (χ0) is 55.9. The number of alkyl halides is 3. The predicted octanol–water partition coefficient (Wildman–Crippen LogP) is 8.46. The maximum atomic E-state index is 14.0. The first kappa shape index (κ1) is 60.0. The summed E-state index contributed by atoms with van der Waals surface area (Å²) in [5.41, 5.74) is 0.949. The summed E-state index contributed by atoms with van der Waals surface area (Å²) >= 11 is 1.58. The molecule has 5 amide bonds. The number of amides is 5. The summed E-state index contributed by atoms with van der Waals surface area (Å²) < 4.78 is 69.2. The van der Waals surface area contributed by atoms with Crippen LogP contribution in [0, 0.1) is 23.7 Å². The number of hydrogen-bond acceptors (Lipinski definition) is 14. The molecule has 0 aliphatic carbocycles. The molecule has 21 heteroatoms. The van der Waals surface area contributed by atoms with Crippen LogP contribution < -0.4 is 19.9 Å². The Morgan fingerprint density at radius 1 is 0.844 bits per heavy atom. The Kier molecular flexibility index (Phi) is 21.3. The number of nitrogens with one attached hydrogen (secondary N) is 1. The van der Waals surface area contributed by atoms with Crippen molar-refractivity contribution in [3.63, 3.8) is 0 Å². The van der Waals surface area contributed by atoms with Gasteiger partial charge in [0.25, 0.3) is 5.91 Å². The van der Waals surface area contributed by atoms with Gasteiger partial charge in [0.15, 0.2) is 5.78 Å². The molecule has 77 heavy (non-hydrogen) atoms. The van der Waals surface area contributed by atoms with E-state index in [1.807, 2.05) is 57.5 Å². The number of Topliss-reactive ketones (excluding diaryl/α,β-unsaturated/α-hetero) is 1. The van der Waals surface area contributed by atoms with Gasteiger partial charge in [-0.15, -0.1) is 11.3 Å². The quantitative estimate of drug-likeness (QED) is 0.0405. The van der Waals surface area contributed by atoms with Gasteiger partial charge in [-0.2, -0.15) is 18.4 Å². The van der Waals surface area contributed by atoms with E-state index in [1.165, 1.54) is 29.7 Å². The molecule has 2 aliphatic rings. The van der Waals surface area contributed by atoms with Crippen molar-refractivity contribution in [1.29, 1.82) is 5.26 Å². The third-order valence-electron chi connectivity index (χ3n) is 13.2. The van der Waals surface area contributed by atoms with Gasteiger partial charge in [-0.3, -0.25) is 24.1 Å². The number of unbranched alkanes of at least 4 members (excludes halogenated alkanes) is 1. The number of urea groups is 1. The summed E-state index contributed by atoms with van der Waals surface area (Å²) in [5.74, 6) is -1.02. The van der Waals surface area contributed by atoms with E-state index in [2.05, 4.69) is 10.3 Å². The van der Waals surface area contributed by atoms with Gasteiger partial charge in [-0.05, 0) is 105 Å².